The van der Waals surface area contributed by atoms with Crippen LogP contribution in [0, 0.1) is 10.1 Å². The van der Waals surface area contributed by atoms with Crippen molar-refractivity contribution in [3.8, 4) is 5.75 Å². The van der Waals surface area contributed by atoms with Crippen LogP contribution in [0.2, 0.25) is 4.34 Å². The van der Waals surface area contributed by atoms with Crippen LogP contribution in [-0.4, -0.2) is 53.8 Å². The zero-order chi connectivity index (χ0) is 19.4. The lowest BCUT2D eigenvalue weighted by atomic mass is 10.3. The molecule has 3 rings (SSSR count). The van der Waals surface area contributed by atoms with E-state index in [1.165, 1.54) is 40.5 Å². The predicted molar refractivity (Wildman–Crippen MR) is 101 cm³/mol. The highest BCUT2D eigenvalue weighted by molar-refractivity contribution is 7.16. The Hall–Kier alpha value is -2.20. The summed E-state index contributed by atoms with van der Waals surface area (Å²) in [6.45, 7) is 2.54. The molecule has 10 heteroatoms. The molecule has 27 heavy (non-hydrogen) atoms. The average molecular weight is 412 g/mol. The van der Waals surface area contributed by atoms with Crippen molar-refractivity contribution < 1.29 is 19.2 Å². The lowest BCUT2D eigenvalue weighted by molar-refractivity contribution is -0.384. The number of morpholine rings is 1. The van der Waals surface area contributed by atoms with Crippen LogP contribution in [0.5, 0.6) is 5.75 Å². The molecule has 2 aromatic rings. The zero-order valence-electron chi connectivity index (χ0n) is 14.5. The highest BCUT2D eigenvalue weighted by Gasteiger charge is 2.28. The van der Waals surface area contributed by atoms with Gasteiger partial charge in [-0.3, -0.25) is 19.9 Å². The molecular weight excluding hydrogens is 394 g/mol. The summed E-state index contributed by atoms with van der Waals surface area (Å²) in [7, 11) is 1.60. The summed E-state index contributed by atoms with van der Waals surface area (Å²) in [5.41, 5.74) is -0.0666. The predicted octanol–water partition coefficient (Wildman–Crippen LogP) is 3.60. The van der Waals surface area contributed by atoms with Gasteiger partial charge in [-0.05, 0) is 24.3 Å². The molecule has 2 heterocycles. The van der Waals surface area contributed by atoms with Crippen LogP contribution in [0.1, 0.15) is 4.88 Å². The number of carbonyl (C=O) groups is 1. The first-order chi connectivity index (χ1) is 12.9. The fraction of sp³-hybridized carbons (Fsp3) is 0.353. The molecule has 1 amide bonds. The maximum atomic E-state index is 12.4. The normalized spacial score (nSPS) is 17.5. The van der Waals surface area contributed by atoms with Gasteiger partial charge in [-0.1, -0.05) is 11.6 Å². The summed E-state index contributed by atoms with van der Waals surface area (Å²) in [5, 5.41) is 10.7. The Morgan fingerprint density at radius 3 is 2.78 bits per heavy atom. The van der Waals surface area contributed by atoms with Gasteiger partial charge in [-0.2, -0.15) is 0 Å². The van der Waals surface area contributed by atoms with Gasteiger partial charge in [0.1, 0.15) is 12.0 Å². The number of hydrogen-bond donors (Lipinski definition) is 0. The molecule has 1 aromatic carbocycles. The Kier molecular flexibility index (Phi) is 6.27. The maximum absolute atomic E-state index is 12.4. The van der Waals surface area contributed by atoms with E-state index in [0.29, 0.717) is 13.2 Å². The van der Waals surface area contributed by atoms with Crippen molar-refractivity contribution in [1.29, 1.82) is 0 Å². The Bertz CT molecular complexity index is 813. The van der Waals surface area contributed by atoms with Crippen molar-refractivity contribution in [2.45, 2.75) is 12.8 Å². The standard InChI is InChI=1S/C17H18ClN3O5S/c1-19(17(22)26-13-4-2-12(3-5-13)21(23)24)16-11-20(8-9-25-16)10-14-6-7-15(18)27-14/h2-7,16H,8-11H2,1H3/t16-/m0/s1. The van der Waals surface area contributed by atoms with Gasteiger partial charge >= 0.3 is 6.09 Å². The molecule has 1 aliphatic rings. The summed E-state index contributed by atoms with van der Waals surface area (Å²) in [6.07, 6.45) is -1.03. The van der Waals surface area contributed by atoms with Crippen molar-refractivity contribution in [2.24, 2.45) is 0 Å². The Labute approximate surface area is 165 Å². The van der Waals surface area contributed by atoms with E-state index in [4.69, 9.17) is 21.1 Å². The molecule has 0 N–H and O–H groups in total. The largest absolute Gasteiger partial charge is 0.417 e. The number of halogens is 1. The molecule has 1 aromatic heterocycles. The molecular formula is C17H18ClN3O5S. The summed E-state index contributed by atoms with van der Waals surface area (Å²) >= 11 is 7.50. The lowest BCUT2D eigenvalue weighted by Gasteiger charge is -2.36. The molecule has 1 saturated heterocycles. The van der Waals surface area contributed by atoms with E-state index in [-0.39, 0.29) is 11.4 Å². The Morgan fingerprint density at radius 1 is 1.41 bits per heavy atom. The number of nitro benzene ring substituents is 1. The molecule has 0 radical (unpaired) electrons. The van der Waals surface area contributed by atoms with Gasteiger partial charge in [-0.25, -0.2) is 4.79 Å². The second kappa shape index (κ2) is 8.66. The van der Waals surface area contributed by atoms with Crippen LogP contribution in [0.25, 0.3) is 0 Å². The summed E-state index contributed by atoms with van der Waals surface area (Å²) in [4.78, 5) is 27.2. The number of carbonyl (C=O) groups excluding carboxylic acids is 1. The number of hydrogen-bond acceptors (Lipinski definition) is 7. The van der Waals surface area contributed by atoms with E-state index in [1.54, 1.807) is 7.05 Å². The third kappa shape index (κ3) is 5.16. The summed E-state index contributed by atoms with van der Waals surface area (Å²) in [5.74, 6) is 0.235. The smallest absolute Gasteiger partial charge is 0.410 e. The summed E-state index contributed by atoms with van der Waals surface area (Å²) < 4.78 is 11.7. The minimum absolute atomic E-state index is 0.0666. The second-order valence-corrected chi connectivity index (χ2v) is 7.80. The average Bonchev–Trinajstić information content (AvgIpc) is 3.06. The molecule has 0 spiro atoms. The van der Waals surface area contributed by atoms with E-state index < -0.39 is 17.2 Å². The maximum Gasteiger partial charge on any atom is 0.417 e. The first-order valence-electron chi connectivity index (χ1n) is 8.19. The van der Waals surface area contributed by atoms with Gasteiger partial charge in [0.05, 0.1) is 15.9 Å². The molecule has 8 nitrogen and oxygen atoms in total. The van der Waals surface area contributed by atoms with Crippen LogP contribution < -0.4 is 4.74 Å². The molecule has 0 unspecified atom stereocenters. The van der Waals surface area contributed by atoms with E-state index in [1.807, 2.05) is 12.1 Å². The highest BCUT2D eigenvalue weighted by Crippen LogP contribution is 2.24. The van der Waals surface area contributed by atoms with Crippen molar-refractivity contribution >= 4 is 34.7 Å². The second-order valence-electron chi connectivity index (χ2n) is 6.00. The van der Waals surface area contributed by atoms with Gasteiger partial charge in [0.2, 0.25) is 0 Å². The minimum atomic E-state index is -0.588. The topological polar surface area (TPSA) is 85.2 Å². The molecule has 1 fully saturated rings. The summed E-state index contributed by atoms with van der Waals surface area (Å²) in [6, 6.07) is 9.20. The van der Waals surface area contributed by atoms with Crippen LogP contribution in [0.4, 0.5) is 10.5 Å². The molecule has 144 valence electrons. The van der Waals surface area contributed by atoms with E-state index in [9.17, 15) is 14.9 Å². The Morgan fingerprint density at radius 2 is 2.15 bits per heavy atom. The number of nitro groups is 1. The number of ether oxygens (including phenoxy) is 2. The number of non-ortho nitro benzene ring substituents is 1. The number of benzene rings is 1. The third-order valence-electron chi connectivity index (χ3n) is 4.11. The zero-order valence-corrected chi connectivity index (χ0v) is 16.1. The van der Waals surface area contributed by atoms with E-state index in [2.05, 4.69) is 4.90 Å². The molecule has 0 saturated carbocycles. The first-order valence-corrected chi connectivity index (χ1v) is 9.39. The first kappa shape index (κ1) is 19.6. The molecule has 0 aliphatic carbocycles. The fourth-order valence-corrected chi connectivity index (χ4v) is 3.77. The quantitative estimate of drug-likeness (QED) is 0.552. The van der Waals surface area contributed by atoms with Crippen molar-refractivity contribution in [2.75, 3.05) is 26.7 Å². The molecule has 1 aliphatic heterocycles. The van der Waals surface area contributed by atoms with E-state index >= 15 is 0 Å². The number of amides is 1. The van der Waals surface area contributed by atoms with Gasteiger partial charge < -0.3 is 9.47 Å². The van der Waals surface area contributed by atoms with Crippen LogP contribution in [0.3, 0.4) is 0 Å². The molecule has 1 atom stereocenters. The van der Waals surface area contributed by atoms with Crippen LogP contribution >= 0.6 is 22.9 Å². The number of rotatable bonds is 5. The van der Waals surface area contributed by atoms with Crippen LogP contribution in [0.15, 0.2) is 36.4 Å². The number of thiophene rings is 1. The minimum Gasteiger partial charge on any atom is -0.410 e. The SMILES string of the molecule is CN(C(=O)Oc1ccc([N+](=O)[O-])cc1)[C@@H]1CN(Cc2ccc(Cl)s2)CCO1. The highest BCUT2D eigenvalue weighted by atomic mass is 35.5. The van der Waals surface area contributed by atoms with Crippen LogP contribution in [-0.2, 0) is 11.3 Å². The van der Waals surface area contributed by atoms with Gasteiger partial charge in [0.25, 0.3) is 5.69 Å². The third-order valence-corrected chi connectivity index (χ3v) is 5.33. The monoisotopic (exact) mass is 411 g/mol. The van der Waals surface area contributed by atoms with Crippen molar-refractivity contribution in [1.82, 2.24) is 9.80 Å². The number of likely N-dealkylation sites (N-methyl/N-ethyl adjacent to an activating group) is 1. The van der Waals surface area contributed by atoms with Crippen molar-refractivity contribution in [3.63, 3.8) is 0 Å². The number of nitrogens with zero attached hydrogens (tertiary/aromatic N) is 3. The Balaban J connectivity index is 1.56. The lowest BCUT2D eigenvalue weighted by Crippen LogP contribution is -2.51. The fourth-order valence-electron chi connectivity index (χ4n) is 2.64. The molecule has 0 bridgehead atoms. The van der Waals surface area contributed by atoms with Crippen molar-refractivity contribution in [3.05, 3.63) is 55.7 Å². The van der Waals surface area contributed by atoms with Gasteiger partial charge in [0.15, 0.2) is 0 Å². The van der Waals surface area contributed by atoms with Gasteiger partial charge in [-0.15, -0.1) is 11.3 Å². The van der Waals surface area contributed by atoms with Gasteiger partial charge in [0, 0.05) is 43.7 Å². The van der Waals surface area contributed by atoms with E-state index in [0.717, 1.165) is 22.3 Å².